The number of carbonyl (C=O) groups is 1. The smallest absolute Gasteiger partial charge is 0.303 e. The minimum atomic E-state index is -1.11. The number of unbranched alkanes of at least 4 members (excludes halogenated alkanes) is 6. The number of carboxylic acid groups (broad SMARTS) is 1. The summed E-state index contributed by atoms with van der Waals surface area (Å²) in [6.45, 7) is 3.87. The molecule has 0 heterocycles. The van der Waals surface area contributed by atoms with Crippen molar-refractivity contribution in [3.63, 3.8) is 0 Å². The first-order valence-corrected chi connectivity index (χ1v) is 9.93. The van der Waals surface area contributed by atoms with Gasteiger partial charge in [-0.2, -0.15) is 0 Å². The standard InChI is InChI=1S/C21H38O5/c1-3-4-5-6-7-8-9-10-11-16-21(2,26)17-15-19(23)18(22)13-12-14-20(24)25/h10-11,15,17-19,22-23,26H,3-9,12-14,16H2,1-2H3,(H,24,25)/b11-10-,17-15+. The first-order valence-electron chi connectivity index (χ1n) is 9.93. The van der Waals surface area contributed by atoms with Gasteiger partial charge in [-0.1, -0.05) is 63.3 Å². The van der Waals surface area contributed by atoms with Gasteiger partial charge < -0.3 is 20.4 Å². The van der Waals surface area contributed by atoms with E-state index in [0.29, 0.717) is 12.8 Å². The molecule has 0 saturated carbocycles. The highest BCUT2D eigenvalue weighted by atomic mass is 16.4. The van der Waals surface area contributed by atoms with E-state index in [1.807, 2.05) is 6.08 Å². The van der Waals surface area contributed by atoms with E-state index in [-0.39, 0.29) is 12.8 Å². The maximum absolute atomic E-state index is 10.4. The molecular formula is C21H38O5. The number of rotatable bonds is 16. The summed E-state index contributed by atoms with van der Waals surface area (Å²) in [5, 5.41) is 38.5. The van der Waals surface area contributed by atoms with E-state index in [1.165, 1.54) is 50.7 Å². The molecule has 4 N–H and O–H groups in total. The molecule has 0 aromatic rings. The number of carboxylic acids is 1. The van der Waals surface area contributed by atoms with Crippen LogP contribution in [-0.4, -0.2) is 44.2 Å². The molecule has 0 radical (unpaired) electrons. The van der Waals surface area contributed by atoms with Gasteiger partial charge >= 0.3 is 5.97 Å². The third kappa shape index (κ3) is 15.1. The molecule has 0 aliphatic heterocycles. The summed E-state index contributed by atoms with van der Waals surface area (Å²) in [4.78, 5) is 10.4. The number of hydrogen-bond acceptors (Lipinski definition) is 4. The van der Waals surface area contributed by atoms with Gasteiger partial charge in [-0.05, 0) is 39.0 Å². The highest BCUT2D eigenvalue weighted by Crippen LogP contribution is 2.15. The predicted molar refractivity (Wildman–Crippen MR) is 105 cm³/mol. The van der Waals surface area contributed by atoms with E-state index in [9.17, 15) is 20.1 Å². The van der Waals surface area contributed by atoms with Crippen molar-refractivity contribution >= 4 is 5.97 Å². The molecule has 0 aliphatic rings. The van der Waals surface area contributed by atoms with Crippen molar-refractivity contribution in [1.29, 1.82) is 0 Å². The van der Waals surface area contributed by atoms with Crippen molar-refractivity contribution < 1.29 is 25.2 Å². The molecule has 0 saturated heterocycles. The van der Waals surface area contributed by atoms with Crippen LogP contribution in [0.2, 0.25) is 0 Å². The first-order chi connectivity index (χ1) is 12.3. The molecule has 0 spiro atoms. The molecule has 0 rings (SSSR count). The quantitative estimate of drug-likeness (QED) is 0.243. The number of allylic oxidation sites excluding steroid dienone is 1. The zero-order chi connectivity index (χ0) is 19.8. The number of aliphatic hydroxyl groups is 3. The molecule has 152 valence electrons. The van der Waals surface area contributed by atoms with E-state index < -0.39 is 23.8 Å². The van der Waals surface area contributed by atoms with E-state index in [4.69, 9.17) is 5.11 Å². The summed E-state index contributed by atoms with van der Waals surface area (Å²) in [6.07, 6.45) is 14.3. The lowest BCUT2D eigenvalue weighted by molar-refractivity contribution is -0.137. The Bertz CT molecular complexity index is 415. The Labute approximate surface area is 158 Å². The Morgan fingerprint density at radius 2 is 1.69 bits per heavy atom. The summed E-state index contributed by atoms with van der Waals surface area (Å²) in [5.74, 6) is -0.919. The lowest BCUT2D eigenvalue weighted by Crippen LogP contribution is -2.26. The highest BCUT2D eigenvalue weighted by Gasteiger charge is 2.18. The number of hydrogen-bond donors (Lipinski definition) is 4. The van der Waals surface area contributed by atoms with Crippen LogP contribution in [-0.2, 0) is 4.79 Å². The van der Waals surface area contributed by atoms with Gasteiger partial charge in [0.25, 0.3) is 0 Å². The fourth-order valence-electron chi connectivity index (χ4n) is 2.62. The molecule has 0 aromatic carbocycles. The Morgan fingerprint density at radius 1 is 1.04 bits per heavy atom. The molecule has 0 fully saturated rings. The van der Waals surface area contributed by atoms with Crippen molar-refractivity contribution in [2.24, 2.45) is 0 Å². The average molecular weight is 371 g/mol. The van der Waals surface area contributed by atoms with Crippen LogP contribution < -0.4 is 0 Å². The molecule has 3 unspecified atom stereocenters. The lowest BCUT2D eigenvalue weighted by Gasteiger charge is -2.19. The SMILES string of the molecule is CCCCCCCC/C=C\CC(C)(O)/C=C/C(O)C(O)CCCC(=O)O. The Morgan fingerprint density at radius 3 is 2.35 bits per heavy atom. The van der Waals surface area contributed by atoms with Crippen molar-refractivity contribution in [3.05, 3.63) is 24.3 Å². The van der Waals surface area contributed by atoms with E-state index >= 15 is 0 Å². The van der Waals surface area contributed by atoms with Gasteiger partial charge in [0.05, 0.1) is 17.8 Å². The lowest BCUT2D eigenvalue weighted by atomic mass is 9.98. The first kappa shape index (κ1) is 24.8. The highest BCUT2D eigenvalue weighted by molar-refractivity contribution is 5.66. The van der Waals surface area contributed by atoms with Gasteiger partial charge in [0.15, 0.2) is 0 Å². The molecule has 0 aromatic heterocycles. The van der Waals surface area contributed by atoms with Gasteiger partial charge in [-0.3, -0.25) is 4.79 Å². The second-order valence-electron chi connectivity index (χ2n) is 7.29. The van der Waals surface area contributed by atoms with Crippen molar-refractivity contribution in [1.82, 2.24) is 0 Å². The van der Waals surface area contributed by atoms with Crippen LogP contribution in [0.3, 0.4) is 0 Å². The van der Waals surface area contributed by atoms with Crippen molar-refractivity contribution in [2.45, 2.75) is 102 Å². The molecule has 26 heavy (non-hydrogen) atoms. The average Bonchev–Trinajstić information content (AvgIpc) is 2.57. The third-order valence-corrected chi connectivity index (χ3v) is 4.36. The zero-order valence-corrected chi connectivity index (χ0v) is 16.4. The van der Waals surface area contributed by atoms with E-state index in [1.54, 1.807) is 6.92 Å². The summed E-state index contributed by atoms with van der Waals surface area (Å²) in [5.41, 5.74) is -1.08. The van der Waals surface area contributed by atoms with Crippen LogP contribution in [0.5, 0.6) is 0 Å². The summed E-state index contributed by atoms with van der Waals surface area (Å²) in [6, 6.07) is 0. The van der Waals surface area contributed by atoms with Crippen LogP contribution in [0.25, 0.3) is 0 Å². The van der Waals surface area contributed by atoms with Crippen LogP contribution >= 0.6 is 0 Å². The Kier molecular flexibility index (Phi) is 14.3. The van der Waals surface area contributed by atoms with Crippen LogP contribution in [0.1, 0.15) is 84.5 Å². The molecule has 3 atom stereocenters. The Hall–Kier alpha value is -1.17. The molecular weight excluding hydrogens is 332 g/mol. The van der Waals surface area contributed by atoms with Gasteiger partial charge in [0, 0.05) is 6.42 Å². The fourth-order valence-corrected chi connectivity index (χ4v) is 2.62. The van der Waals surface area contributed by atoms with Crippen LogP contribution in [0.4, 0.5) is 0 Å². The fraction of sp³-hybridized carbons (Fsp3) is 0.762. The van der Waals surface area contributed by atoms with E-state index in [2.05, 4.69) is 13.0 Å². The molecule has 5 nitrogen and oxygen atoms in total. The molecule has 5 heteroatoms. The molecule has 0 amide bonds. The normalized spacial score (nSPS) is 16.8. The second kappa shape index (κ2) is 14.9. The number of aliphatic carboxylic acids is 1. The largest absolute Gasteiger partial charge is 0.481 e. The maximum atomic E-state index is 10.4. The maximum Gasteiger partial charge on any atom is 0.303 e. The summed E-state index contributed by atoms with van der Waals surface area (Å²) >= 11 is 0. The zero-order valence-electron chi connectivity index (χ0n) is 16.4. The van der Waals surface area contributed by atoms with Gasteiger partial charge in [0.1, 0.15) is 0 Å². The minimum Gasteiger partial charge on any atom is -0.481 e. The van der Waals surface area contributed by atoms with Gasteiger partial charge in [0.2, 0.25) is 0 Å². The van der Waals surface area contributed by atoms with Gasteiger partial charge in [-0.25, -0.2) is 0 Å². The molecule has 0 bridgehead atoms. The van der Waals surface area contributed by atoms with Crippen molar-refractivity contribution in [3.8, 4) is 0 Å². The topological polar surface area (TPSA) is 98.0 Å². The second-order valence-corrected chi connectivity index (χ2v) is 7.29. The third-order valence-electron chi connectivity index (χ3n) is 4.36. The summed E-state index contributed by atoms with van der Waals surface area (Å²) < 4.78 is 0. The monoisotopic (exact) mass is 370 g/mol. The summed E-state index contributed by atoms with van der Waals surface area (Å²) in [7, 11) is 0. The van der Waals surface area contributed by atoms with Crippen LogP contribution in [0.15, 0.2) is 24.3 Å². The van der Waals surface area contributed by atoms with Crippen molar-refractivity contribution in [2.75, 3.05) is 0 Å². The molecule has 0 aliphatic carbocycles. The minimum absolute atomic E-state index is 0.0331. The Balaban J connectivity index is 4.00. The number of aliphatic hydroxyl groups excluding tert-OH is 2. The van der Waals surface area contributed by atoms with Gasteiger partial charge in [-0.15, -0.1) is 0 Å². The van der Waals surface area contributed by atoms with Crippen LogP contribution in [0, 0.1) is 0 Å². The van der Waals surface area contributed by atoms with E-state index in [0.717, 1.165) is 6.42 Å². The predicted octanol–water partition coefficient (Wildman–Crippen LogP) is 3.97.